The van der Waals surface area contributed by atoms with Gasteiger partial charge >= 0.3 is 351 Å². The minimum Gasteiger partial charge on any atom is -0.147 e. The molecule has 3 aliphatic rings. The minimum absolute atomic E-state index is 0. The Hall–Kier alpha value is -4.27. The fraction of sp³-hybridized carbons (Fsp3) is 0.228. The fourth-order valence-electron chi connectivity index (χ4n) is 11.9. The molecule has 1 aliphatic heterocycles. The van der Waals surface area contributed by atoms with Crippen molar-refractivity contribution in [1.29, 1.82) is 0 Å². The summed E-state index contributed by atoms with van der Waals surface area (Å²) in [7, 11) is 0. The van der Waals surface area contributed by atoms with Crippen LogP contribution in [0.25, 0.3) is 77.5 Å². The van der Waals surface area contributed by atoms with Gasteiger partial charge in [-0.25, -0.2) is 0 Å². The monoisotopic (exact) mass is 988 g/mol. The first-order valence-electron chi connectivity index (χ1n) is 22.2. The zero-order valence-electron chi connectivity index (χ0n) is 34.8. The van der Waals surface area contributed by atoms with E-state index in [-0.39, 0.29) is 24.8 Å². The number of allylic oxidation sites excluding steroid dienone is 2. The maximum Gasteiger partial charge on any atom is -0.147 e. The van der Waals surface area contributed by atoms with Crippen LogP contribution in [0.4, 0.5) is 0 Å². The van der Waals surface area contributed by atoms with Crippen molar-refractivity contribution < 1.29 is 20.0 Å². The van der Waals surface area contributed by atoms with Crippen molar-refractivity contribution in [2.75, 3.05) is 0 Å². The van der Waals surface area contributed by atoms with E-state index in [0.29, 0.717) is 7.35 Å². The Bertz CT molecular complexity index is 2680. The van der Waals surface area contributed by atoms with Crippen molar-refractivity contribution in [3.8, 4) is 22.3 Å². The predicted octanol–water partition coefficient (Wildman–Crippen LogP) is 17.8. The van der Waals surface area contributed by atoms with Crippen LogP contribution in [0, 0.1) is 0 Å². The van der Waals surface area contributed by atoms with Crippen LogP contribution in [0.2, 0.25) is 8.35 Å². The summed E-state index contributed by atoms with van der Waals surface area (Å²) in [4.78, 5) is 0. The van der Waals surface area contributed by atoms with Crippen LogP contribution in [0.1, 0.15) is 88.4 Å². The second kappa shape index (κ2) is 16.9. The number of benzene rings is 8. The summed E-state index contributed by atoms with van der Waals surface area (Å²) < 4.78 is 4.26. The summed E-state index contributed by atoms with van der Waals surface area (Å²) in [5.74, 6) is 0. The van der Waals surface area contributed by atoms with Gasteiger partial charge in [0.15, 0.2) is 0 Å². The van der Waals surface area contributed by atoms with E-state index in [1.807, 2.05) is 0 Å². The molecule has 0 radical (unpaired) electrons. The first-order chi connectivity index (χ1) is 28.7. The number of rotatable bonds is 10. The molecule has 3 heteroatoms. The van der Waals surface area contributed by atoms with Gasteiger partial charge in [-0.05, 0) is 0 Å². The van der Waals surface area contributed by atoms with Crippen molar-refractivity contribution >= 4 is 80.1 Å². The maximum atomic E-state index is 2.74. The first-order valence-corrected chi connectivity index (χ1v) is 31.4. The average Bonchev–Trinajstić information content (AvgIpc) is 3.82. The molecule has 8 aromatic rings. The van der Waals surface area contributed by atoms with Gasteiger partial charge in [-0.3, -0.25) is 0 Å². The Morgan fingerprint density at radius 3 is 1.15 bits per heavy atom. The molecule has 0 nitrogen and oxygen atoms in total. The van der Waals surface area contributed by atoms with Crippen LogP contribution >= 0.6 is 24.8 Å². The van der Waals surface area contributed by atoms with Crippen molar-refractivity contribution in [2.24, 2.45) is 0 Å². The van der Waals surface area contributed by atoms with Gasteiger partial charge in [0.25, 0.3) is 0 Å². The molecule has 1 saturated heterocycles. The first kappa shape index (κ1) is 41.1. The second-order valence-electron chi connectivity index (χ2n) is 17.6. The predicted molar refractivity (Wildman–Crippen MR) is 263 cm³/mol. The van der Waals surface area contributed by atoms with E-state index in [1.54, 1.807) is 22.3 Å². The Labute approximate surface area is 373 Å². The Morgan fingerprint density at radius 2 is 0.817 bits per heavy atom. The average molecular weight is 988 g/mol. The zero-order valence-corrected chi connectivity index (χ0v) is 40.1. The van der Waals surface area contributed by atoms with Crippen LogP contribution in [0.5, 0.6) is 0 Å². The molecule has 11 rings (SSSR count). The van der Waals surface area contributed by atoms with Crippen molar-refractivity contribution in [2.45, 2.75) is 74.5 Å². The summed E-state index contributed by atoms with van der Waals surface area (Å²) in [6.45, 7) is 4.76. The van der Waals surface area contributed by atoms with Gasteiger partial charge < -0.3 is 0 Å². The van der Waals surface area contributed by atoms with E-state index in [9.17, 15) is 0 Å². The van der Waals surface area contributed by atoms with E-state index in [0.717, 1.165) is 0 Å². The van der Waals surface area contributed by atoms with E-state index in [4.69, 9.17) is 0 Å². The van der Waals surface area contributed by atoms with Gasteiger partial charge in [0, 0.05) is 0 Å². The molecule has 300 valence electrons. The molecule has 2 atom stereocenters. The molecule has 0 bridgehead atoms. The summed E-state index contributed by atoms with van der Waals surface area (Å²) in [6.07, 6.45) is 14.4. The summed E-state index contributed by atoms with van der Waals surface area (Å²) in [5.41, 5.74) is 15.6. The van der Waals surface area contributed by atoms with Crippen molar-refractivity contribution in [3.63, 3.8) is 0 Å². The number of halogens is 2. The Kier molecular flexibility index (Phi) is 11.6. The summed E-state index contributed by atoms with van der Waals surface area (Å²) in [6, 6.07) is 56.0. The number of fused-ring (bicyclic) bond motifs is 6. The molecule has 2 aliphatic carbocycles. The molecule has 1 heterocycles. The van der Waals surface area contributed by atoms with Crippen LogP contribution in [0.3, 0.4) is 0 Å². The van der Waals surface area contributed by atoms with E-state index in [2.05, 4.69) is 172 Å². The zero-order chi connectivity index (χ0) is 38.8. The topological polar surface area (TPSA) is 0 Å². The molecule has 0 spiro atoms. The Balaban J connectivity index is 0.00000231. The van der Waals surface area contributed by atoms with E-state index >= 15 is 0 Å². The third-order valence-electron chi connectivity index (χ3n) is 14.5. The van der Waals surface area contributed by atoms with Crippen LogP contribution in [-0.2, 0) is 20.0 Å². The van der Waals surface area contributed by atoms with Crippen LogP contribution in [0.15, 0.2) is 157 Å². The molecular weight excluding hydrogens is 934 g/mol. The summed E-state index contributed by atoms with van der Waals surface area (Å²) >= 11 is -3.30. The van der Waals surface area contributed by atoms with Gasteiger partial charge in [-0.15, -0.1) is 24.8 Å². The third kappa shape index (κ3) is 6.49. The number of unbranched alkanes of at least 4 members (excludes halogenated alkanes) is 2. The molecule has 0 aromatic heterocycles. The molecule has 8 aromatic carbocycles. The van der Waals surface area contributed by atoms with Gasteiger partial charge in [-0.1, -0.05) is 0 Å². The van der Waals surface area contributed by atoms with Gasteiger partial charge in [-0.2, -0.15) is 0 Å². The largest absolute Gasteiger partial charge is 0.147 e. The molecule has 0 saturated carbocycles. The Morgan fingerprint density at radius 1 is 0.450 bits per heavy atom. The minimum atomic E-state index is -3.30. The van der Waals surface area contributed by atoms with E-state index < -0.39 is 20.0 Å². The molecule has 0 amide bonds. The maximum absolute atomic E-state index is 3.30. The normalized spacial score (nSPS) is 17.4. The molecular formula is C57H54Cl2Hf. The standard InChI is InChI=1S/2C27H23.C3H6.2ClH.Hf/c2*1-2-3-9-19-16-20-12-8-15-25(26(20)17-19)27-23-13-6-4-10-21(23)18-22-11-5-7-14-24(22)27;1-3-2;;;/h2*4-8,10-18H,2-3,9H2,1H3;1-3H2;2*1H;. The van der Waals surface area contributed by atoms with Gasteiger partial charge in [0.2, 0.25) is 0 Å². The van der Waals surface area contributed by atoms with Crippen molar-refractivity contribution in [1.82, 2.24) is 0 Å². The summed E-state index contributed by atoms with van der Waals surface area (Å²) in [5, 5.41) is 10.8. The molecule has 0 N–H and O–H groups in total. The smallest absolute Gasteiger partial charge is 0.147 e. The van der Waals surface area contributed by atoms with Gasteiger partial charge in [0.05, 0.1) is 0 Å². The SMILES string of the molecule is CCCCC1=Cc2c(-c3c4ccccc4cc4ccccc34)cccc2[CH]1[Hf]1([CH]2C(CCCC)=Cc3c(-c4c5ccccc5cc5ccccc45)cccc32)[CH2]C[CH2]1.Cl.Cl. The van der Waals surface area contributed by atoms with Crippen LogP contribution in [-0.4, -0.2) is 0 Å². The van der Waals surface area contributed by atoms with Crippen LogP contribution < -0.4 is 0 Å². The second-order valence-corrected chi connectivity index (χ2v) is 34.2. The van der Waals surface area contributed by atoms with E-state index in [1.165, 1.54) is 130 Å². The molecule has 1 fully saturated rings. The van der Waals surface area contributed by atoms with Crippen molar-refractivity contribution in [3.05, 3.63) is 179 Å². The quantitative estimate of drug-likeness (QED) is 0.0946. The third-order valence-corrected chi connectivity index (χ3v) is 36.8. The molecule has 2 unspecified atom stereocenters. The fourth-order valence-corrected chi connectivity index (χ4v) is 34.6. The van der Waals surface area contributed by atoms with Gasteiger partial charge in [0.1, 0.15) is 0 Å². The number of hydrogen-bond donors (Lipinski definition) is 0. The number of hydrogen-bond acceptors (Lipinski definition) is 0. The molecule has 60 heavy (non-hydrogen) atoms.